The Balaban J connectivity index is 1.73. The van der Waals surface area contributed by atoms with Gasteiger partial charge in [0.15, 0.2) is 0 Å². The second kappa shape index (κ2) is 6.70. The number of aromatic nitrogens is 2. The van der Waals surface area contributed by atoms with Gasteiger partial charge >= 0.3 is 0 Å². The first kappa shape index (κ1) is 15.9. The topological polar surface area (TPSA) is 55.0 Å². The van der Waals surface area contributed by atoms with Gasteiger partial charge in [0.1, 0.15) is 10.7 Å². The molecule has 4 rings (SSSR count). The molecular weight excluding hydrogens is 340 g/mol. The van der Waals surface area contributed by atoms with Gasteiger partial charge in [-0.3, -0.25) is 4.79 Å². The molecule has 4 nitrogen and oxygen atoms in total. The molecule has 1 aliphatic rings. The van der Waals surface area contributed by atoms with Gasteiger partial charge < -0.3 is 9.72 Å². The largest absolute Gasteiger partial charge is 0.377 e. The number of thiophene rings is 1. The van der Waals surface area contributed by atoms with Crippen molar-refractivity contribution in [3.05, 3.63) is 45.7 Å². The van der Waals surface area contributed by atoms with Crippen LogP contribution in [0.1, 0.15) is 24.5 Å². The highest BCUT2D eigenvalue weighted by atomic mass is 32.2. The van der Waals surface area contributed by atoms with Gasteiger partial charge in [-0.2, -0.15) is 0 Å². The van der Waals surface area contributed by atoms with E-state index in [1.807, 2.05) is 43.0 Å². The maximum absolute atomic E-state index is 12.6. The fourth-order valence-corrected chi connectivity index (χ4v) is 5.45. The summed E-state index contributed by atoms with van der Waals surface area (Å²) < 4.78 is 6.68. The Labute approximate surface area is 148 Å². The van der Waals surface area contributed by atoms with Gasteiger partial charge in [0.05, 0.1) is 16.2 Å². The van der Waals surface area contributed by atoms with Crippen molar-refractivity contribution in [3.63, 3.8) is 0 Å². The summed E-state index contributed by atoms with van der Waals surface area (Å²) in [6, 6.07) is 8.01. The van der Waals surface area contributed by atoms with Crippen molar-refractivity contribution in [1.82, 2.24) is 9.97 Å². The number of thioether (sulfide) groups is 1. The molecule has 6 heteroatoms. The van der Waals surface area contributed by atoms with Crippen LogP contribution >= 0.6 is 23.1 Å². The minimum atomic E-state index is -0.0200. The van der Waals surface area contributed by atoms with E-state index in [9.17, 15) is 4.79 Å². The number of benzene rings is 1. The zero-order valence-corrected chi connectivity index (χ0v) is 15.1. The van der Waals surface area contributed by atoms with Gasteiger partial charge in [0.25, 0.3) is 5.56 Å². The number of rotatable bonds is 4. The van der Waals surface area contributed by atoms with Crippen molar-refractivity contribution in [1.29, 1.82) is 0 Å². The van der Waals surface area contributed by atoms with Crippen molar-refractivity contribution < 1.29 is 4.74 Å². The molecule has 0 saturated carbocycles. The molecule has 0 unspecified atom stereocenters. The lowest BCUT2D eigenvalue weighted by atomic mass is 10.1. The summed E-state index contributed by atoms with van der Waals surface area (Å²) in [5.41, 5.74) is 3.22. The number of hydrogen-bond acceptors (Lipinski definition) is 5. The second-order valence-electron chi connectivity index (χ2n) is 5.75. The van der Waals surface area contributed by atoms with Gasteiger partial charge in [-0.05, 0) is 36.6 Å². The van der Waals surface area contributed by atoms with E-state index in [-0.39, 0.29) is 5.56 Å². The summed E-state index contributed by atoms with van der Waals surface area (Å²) in [6.45, 7) is 3.29. The third kappa shape index (κ3) is 2.90. The maximum Gasteiger partial charge on any atom is 0.260 e. The molecule has 124 valence electrons. The quantitative estimate of drug-likeness (QED) is 0.758. The Hall–Kier alpha value is -1.63. The van der Waals surface area contributed by atoms with E-state index in [0.29, 0.717) is 19.0 Å². The minimum absolute atomic E-state index is 0.0200. The molecule has 0 radical (unpaired) electrons. The Morgan fingerprint density at radius 2 is 2.12 bits per heavy atom. The fourth-order valence-electron chi connectivity index (χ4n) is 2.92. The van der Waals surface area contributed by atoms with Crippen molar-refractivity contribution in [3.8, 4) is 11.4 Å². The molecule has 1 aliphatic heterocycles. The van der Waals surface area contributed by atoms with Crippen LogP contribution in [0.15, 0.2) is 33.3 Å². The van der Waals surface area contributed by atoms with E-state index in [2.05, 4.69) is 4.98 Å². The lowest BCUT2D eigenvalue weighted by molar-refractivity contribution is 0.134. The van der Waals surface area contributed by atoms with Gasteiger partial charge in [-0.1, -0.05) is 24.3 Å². The third-order valence-electron chi connectivity index (χ3n) is 4.13. The normalized spacial score (nSPS) is 14.0. The first-order valence-corrected chi connectivity index (χ1v) is 9.92. The number of aromatic amines is 1. The molecule has 1 aromatic carbocycles. The zero-order valence-electron chi connectivity index (χ0n) is 13.4. The Kier molecular flexibility index (Phi) is 4.43. The monoisotopic (exact) mass is 358 g/mol. The van der Waals surface area contributed by atoms with E-state index >= 15 is 0 Å². The van der Waals surface area contributed by atoms with Gasteiger partial charge in [-0.15, -0.1) is 23.1 Å². The van der Waals surface area contributed by atoms with Crippen LogP contribution in [0.2, 0.25) is 0 Å². The molecule has 0 amide bonds. The van der Waals surface area contributed by atoms with Crippen LogP contribution in [0.5, 0.6) is 0 Å². The predicted octanol–water partition coefficient (Wildman–Crippen LogP) is 4.23. The summed E-state index contributed by atoms with van der Waals surface area (Å²) >= 11 is 3.50. The summed E-state index contributed by atoms with van der Waals surface area (Å²) in [6.07, 6.45) is 2.12. The Bertz CT molecular complexity index is 929. The Morgan fingerprint density at radius 1 is 1.29 bits per heavy atom. The highest BCUT2D eigenvalue weighted by Gasteiger charge is 2.20. The predicted molar refractivity (Wildman–Crippen MR) is 100 cm³/mol. The number of nitrogens with one attached hydrogen (secondary N) is 1. The molecule has 0 bridgehead atoms. The number of H-pyrrole nitrogens is 1. The molecular formula is C18H18N2O2S2. The molecule has 0 aliphatic carbocycles. The number of fused-ring (bicyclic) bond motifs is 3. The summed E-state index contributed by atoms with van der Waals surface area (Å²) in [5.74, 6) is 1.77. The summed E-state index contributed by atoms with van der Waals surface area (Å²) in [5, 5.41) is 0.791. The van der Waals surface area contributed by atoms with Crippen molar-refractivity contribution in [2.24, 2.45) is 0 Å². The molecule has 0 fully saturated rings. The molecule has 0 atom stereocenters. The zero-order chi connectivity index (χ0) is 16.5. The first-order chi connectivity index (χ1) is 11.8. The molecule has 2 aromatic heterocycles. The van der Waals surface area contributed by atoms with Gasteiger partial charge in [-0.25, -0.2) is 4.98 Å². The van der Waals surface area contributed by atoms with E-state index in [1.54, 1.807) is 11.3 Å². The SMILES string of the molecule is CCOCc1ccc(-c2nc3sc4c(c3c(=O)[nH]2)CCCS4)cc1. The van der Waals surface area contributed by atoms with E-state index < -0.39 is 0 Å². The Morgan fingerprint density at radius 3 is 2.92 bits per heavy atom. The highest BCUT2D eigenvalue weighted by molar-refractivity contribution is 8.01. The van der Waals surface area contributed by atoms with Crippen molar-refractivity contribution >= 4 is 33.3 Å². The average molecular weight is 358 g/mol. The number of aryl methyl sites for hydroxylation is 1. The maximum atomic E-state index is 12.6. The van der Waals surface area contributed by atoms with Crippen LogP contribution in [0.4, 0.5) is 0 Å². The van der Waals surface area contributed by atoms with Crippen LogP contribution in [-0.2, 0) is 17.8 Å². The van der Waals surface area contributed by atoms with Crippen LogP contribution in [0.25, 0.3) is 21.6 Å². The number of ether oxygens (including phenoxy) is 1. The standard InChI is InChI=1S/C18H18N2O2S2/c1-2-22-10-11-5-7-12(8-6-11)15-19-16(21)14-13-4-3-9-23-18(13)24-17(14)20-15/h5-8H,2-4,9-10H2,1H3,(H,19,20,21). The van der Waals surface area contributed by atoms with E-state index in [0.717, 1.165) is 39.9 Å². The van der Waals surface area contributed by atoms with Crippen LogP contribution in [-0.4, -0.2) is 22.3 Å². The van der Waals surface area contributed by atoms with Crippen molar-refractivity contribution in [2.45, 2.75) is 30.6 Å². The lowest BCUT2D eigenvalue weighted by Crippen LogP contribution is -2.10. The molecule has 3 heterocycles. The average Bonchev–Trinajstić information content (AvgIpc) is 2.99. The van der Waals surface area contributed by atoms with Gasteiger partial charge in [0, 0.05) is 12.2 Å². The molecule has 0 saturated heterocycles. The molecule has 3 aromatic rings. The van der Waals surface area contributed by atoms with Crippen molar-refractivity contribution in [2.75, 3.05) is 12.4 Å². The number of hydrogen-bond donors (Lipinski definition) is 1. The first-order valence-electron chi connectivity index (χ1n) is 8.12. The van der Waals surface area contributed by atoms with Crippen LogP contribution in [0.3, 0.4) is 0 Å². The van der Waals surface area contributed by atoms with Crippen LogP contribution in [0, 0.1) is 0 Å². The smallest absolute Gasteiger partial charge is 0.260 e. The second-order valence-corrected chi connectivity index (χ2v) is 8.11. The van der Waals surface area contributed by atoms with E-state index in [1.165, 1.54) is 9.77 Å². The molecule has 1 N–H and O–H groups in total. The summed E-state index contributed by atoms with van der Waals surface area (Å²) in [4.78, 5) is 21.1. The minimum Gasteiger partial charge on any atom is -0.377 e. The molecule has 0 spiro atoms. The lowest BCUT2D eigenvalue weighted by Gasteiger charge is -2.09. The fraction of sp³-hybridized carbons (Fsp3) is 0.333. The summed E-state index contributed by atoms with van der Waals surface area (Å²) in [7, 11) is 0. The molecule has 24 heavy (non-hydrogen) atoms. The van der Waals surface area contributed by atoms with E-state index in [4.69, 9.17) is 9.72 Å². The number of nitrogens with zero attached hydrogens (tertiary/aromatic N) is 1. The third-order valence-corrected chi connectivity index (χ3v) is 6.65. The van der Waals surface area contributed by atoms with Gasteiger partial charge in [0.2, 0.25) is 0 Å². The van der Waals surface area contributed by atoms with Crippen LogP contribution < -0.4 is 5.56 Å². The highest BCUT2D eigenvalue weighted by Crippen LogP contribution is 2.40.